The van der Waals surface area contributed by atoms with Crippen LogP contribution in [-0.2, 0) is 33.3 Å². The lowest BCUT2D eigenvalue weighted by Gasteiger charge is -2.25. The standard InChI is InChI=1S/C58H113NO8/c1-6-8-10-12-14-16-18-20-22-24-26-28-29-31-33-35-37-39-41-43-45-47-49-56(61)67-54(53-66-58(57(62)63)64-51-50-59(3,4)5)52-65-55(60)48-46-44-42-40-38-36-34-32-30-27-25-23-21-19-17-15-13-11-9-7-2/h54,58H,6-53H2,1-5H3/p+1. The summed E-state index contributed by atoms with van der Waals surface area (Å²) in [5.41, 5.74) is 0. The molecule has 0 aromatic carbocycles. The molecule has 0 aliphatic carbocycles. The van der Waals surface area contributed by atoms with Gasteiger partial charge in [-0.25, -0.2) is 4.79 Å². The molecule has 0 aromatic heterocycles. The molecule has 0 aromatic rings. The van der Waals surface area contributed by atoms with Gasteiger partial charge in [0.15, 0.2) is 6.10 Å². The summed E-state index contributed by atoms with van der Waals surface area (Å²) in [5, 5.41) is 9.70. The Bertz CT molecular complexity index is 1060. The van der Waals surface area contributed by atoms with Crippen molar-refractivity contribution in [2.45, 2.75) is 309 Å². The Morgan fingerprint density at radius 1 is 0.388 bits per heavy atom. The molecule has 398 valence electrons. The van der Waals surface area contributed by atoms with Crippen LogP contribution >= 0.6 is 0 Å². The number of rotatable bonds is 55. The predicted octanol–water partition coefficient (Wildman–Crippen LogP) is 16.8. The third-order valence-electron chi connectivity index (χ3n) is 13.4. The molecule has 0 radical (unpaired) electrons. The van der Waals surface area contributed by atoms with Gasteiger partial charge in [-0.2, -0.15) is 0 Å². The molecule has 0 saturated carbocycles. The first-order valence-corrected chi connectivity index (χ1v) is 29.2. The van der Waals surface area contributed by atoms with Crippen molar-refractivity contribution in [1.82, 2.24) is 0 Å². The molecule has 0 aliphatic rings. The Morgan fingerprint density at radius 2 is 0.672 bits per heavy atom. The van der Waals surface area contributed by atoms with E-state index in [1.807, 2.05) is 21.1 Å². The number of carbonyl (C=O) groups excluding carboxylic acids is 2. The zero-order valence-corrected chi connectivity index (χ0v) is 45.3. The van der Waals surface area contributed by atoms with Gasteiger partial charge < -0.3 is 28.5 Å². The van der Waals surface area contributed by atoms with E-state index in [4.69, 9.17) is 18.9 Å². The number of hydrogen-bond acceptors (Lipinski definition) is 7. The van der Waals surface area contributed by atoms with Crippen molar-refractivity contribution in [3.05, 3.63) is 0 Å². The number of ether oxygens (including phenoxy) is 4. The number of unbranched alkanes of at least 4 members (excludes halogenated alkanes) is 40. The Kier molecular flexibility index (Phi) is 49.4. The molecule has 0 fully saturated rings. The SMILES string of the molecule is CCCCCCCCCCCCCCCCCCCCCCCCC(=O)OC(COC(=O)CCCCCCCCCCCCCCCCCCCCCC)COC(OCC[N+](C)(C)C)C(=O)O. The monoisotopic (exact) mass is 953 g/mol. The highest BCUT2D eigenvalue weighted by atomic mass is 16.7. The van der Waals surface area contributed by atoms with Crippen LogP contribution in [0.2, 0.25) is 0 Å². The molecule has 9 heteroatoms. The van der Waals surface area contributed by atoms with Crippen LogP contribution in [0.3, 0.4) is 0 Å². The van der Waals surface area contributed by atoms with Gasteiger partial charge in [-0.05, 0) is 12.8 Å². The largest absolute Gasteiger partial charge is 0.477 e. The fourth-order valence-corrected chi connectivity index (χ4v) is 8.84. The molecule has 9 nitrogen and oxygen atoms in total. The van der Waals surface area contributed by atoms with Gasteiger partial charge in [0.25, 0.3) is 6.29 Å². The number of quaternary nitrogens is 1. The number of likely N-dealkylation sites (N-methyl/N-ethyl adjacent to an activating group) is 1. The molecular weight excluding hydrogens is 839 g/mol. The number of esters is 2. The van der Waals surface area contributed by atoms with E-state index in [9.17, 15) is 19.5 Å². The number of nitrogens with zero attached hydrogens (tertiary/aromatic N) is 1. The predicted molar refractivity (Wildman–Crippen MR) is 282 cm³/mol. The molecule has 2 unspecified atom stereocenters. The summed E-state index contributed by atoms with van der Waals surface area (Å²) in [4.78, 5) is 37.4. The minimum atomic E-state index is -1.50. The summed E-state index contributed by atoms with van der Waals surface area (Å²) < 4.78 is 22.9. The quantitative estimate of drug-likeness (QED) is 0.0278. The van der Waals surface area contributed by atoms with E-state index < -0.39 is 18.4 Å². The van der Waals surface area contributed by atoms with Crippen LogP contribution in [-0.4, -0.2) is 87.4 Å². The fourth-order valence-electron chi connectivity index (χ4n) is 8.84. The summed E-state index contributed by atoms with van der Waals surface area (Å²) in [6, 6.07) is 0. The van der Waals surface area contributed by atoms with Gasteiger partial charge in [0.05, 0.1) is 34.4 Å². The maximum Gasteiger partial charge on any atom is 0.361 e. The molecule has 0 heterocycles. The number of hydrogen-bond donors (Lipinski definition) is 1. The Labute approximate surface area is 415 Å². The average Bonchev–Trinajstić information content (AvgIpc) is 3.29. The second kappa shape index (κ2) is 50.7. The van der Waals surface area contributed by atoms with Crippen LogP contribution in [0.4, 0.5) is 0 Å². The molecule has 0 bridgehead atoms. The summed E-state index contributed by atoms with van der Waals surface area (Å²) in [5.74, 6) is -1.97. The van der Waals surface area contributed by atoms with Crippen molar-refractivity contribution < 1.29 is 42.9 Å². The normalized spacial score (nSPS) is 12.7. The van der Waals surface area contributed by atoms with Crippen molar-refractivity contribution >= 4 is 17.9 Å². The van der Waals surface area contributed by atoms with Crippen LogP contribution in [0.15, 0.2) is 0 Å². The third-order valence-corrected chi connectivity index (χ3v) is 13.4. The summed E-state index contributed by atoms with van der Waals surface area (Å²) in [6.45, 7) is 4.95. The maximum atomic E-state index is 12.9. The zero-order valence-electron chi connectivity index (χ0n) is 45.3. The molecular formula is C58H114NO8+. The van der Waals surface area contributed by atoms with Crippen molar-refractivity contribution in [3.63, 3.8) is 0 Å². The van der Waals surface area contributed by atoms with E-state index >= 15 is 0 Å². The fraction of sp³-hybridized carbons (Fsp3) is 0.948. The lowest BCUT2D eigenvalue weighted by molar-refractivity contribution is -0.870. The molecule has 0 aliphatic heterocycles. The van der Waals surface area contributed by atoms with Crippen molar-refractivity contribution in [2.75, 3.05) is 47.5 Å². The lowest BCUT2D eigenvalue weighted by atomic mass is 10.0. The first-order valence-electron chi connectivity index (χ1n) is 29.2. The second-order valence-corrected chi connectivity index (χ2v) is 21.3. The summed E-state index contributed by atoms with van der Waals surface area (Å²) in [7, 11) is 5.98. The highest BCUT2D eigenvalue weighted by molar-refractivity contribution is 5.71. The van der Waals surface area contributed by atoms with E-state index in [0.717, 1.165) is 38.5 Å². The average molecular weight is 954 g/mol. The summed E-state index contributed by atoms with van der Waals surface area (Å²) in [6.07, 6.45) is 53.2. The highest BCUT2D eigenvalue weighted by Crippen LogP contribution is 2.18. The van der Waals surface area contributed by atoms with E-state index in [1.165, 1.54) is 231 Å². The molecule has 0 rings (SSSR count). The lowest BCUT2D eigenvalue weighted by Crippen LogP contribution is -2.40. The smallest absolute Gasteiger partial charge is 0.361 e. The van der Waals surface area contributed by atoms with Crippen LogP contribution in [0.5, 0.6) is 0 Å². The topological polar surface area (TPSA) is 108 Å². The number of carbonyl (C=O) groups is 3. The van der Waals surface area contributed by atoms with Crippen LogP contribution < -0.4 is 0 Å². The molecule has 1 N–H and O–H groups in total. The van der Waals surface area contributed by atoms with Crippen molar-refractivity contribution in [2.24, 2.45) is 0 Å². The number of carboxylic acids is 1. The van der Waals surface area contributed by atoms with Gasteiger partial charge in [0.2, 0.25) is 0 Å². The van der Waals surface area contributed by atoms with Crippen LogP contribution in [0.25, 0.3) is 0 Å². The van der Waals surface area contributed by atoms with Crippen LogP contribution in [0.1, 0.15) is 296 Å². The van der Waals surface area contributed by atoms with E-state index in [2.05, 4.69) is 13.8 Å². The number of carboxylic acid groups (broad SMARTS) is 1. The second-order valence-electron chi connectivity index (χ2n) is 21.3. The van der Waals surface area contributed by atoms with E-state index in [-0.39, 0.29) is 38.2 Å². The zero-order chi connectivity index (χ0) is 49.2. The van der Waals surface area contributed by atoms with Gasteiger partial charge >= 0.3 is 17.9 Å². The van der Waals surface area contributed by atoms with Gasteiger partial charge in [-0.15, -0.1) is 0 Å². The van der Waals surface area contributed by atoms with Gasteiger partial charge in [0.1, 0.15) is 13.2 Å². The van der Waals surface area contributed by atoms with Crippen molar-refractivity contribution in [1.29, 1.82) is 0 Å². The highest BCUT2D eigenvalue weighted by Gasteiger charge is 2.25. The first-order chi connectivity index (χ1) is 32.6. The van der Waals surface area contributed by atoms with Crippen molar-refractivity contribution in [3.8, 4) is 0 Å². The Balaban J connectivity index is 4.19. The Morgan fingerprint density at radius 3 is 0.955 bits per heavy atom. The van der Waals surface area contributed by atoms with E-state index in [0.29, 0.717) is 17.4 Å². The van der Waals surface area contributed by atoms with E-state index in [1.54, 1.807) is 0 Å². The van der Waals surface area contributed by atoms with Gasteiger partial charge in [0, 0.05) is 12.8 Å². The molecule has 0 spiro atoms. The first kappa shape index (κ1) is 65.3. The van der Waals surface area contributed by atoms with Gasteiger partial charge in [-0.1, -0.05) is 271 Å². The number of aliphatic carboxylic acids is 1. The molecule has 2 atom stereocenters. The van der Waals surface area contributed by atoms with Gasteiger partial charge in [-0.3, -0.25) is 9.59 Å². The minimum absolute atomic E-state index is 0.172. The molecule has 0 amide bonds. The summed E-state index contributed by atoms with van der Waals surface area (Å²) >= 11 is 0. The minimum Gasteiger partial charge on any atom is -0.477 e. The molecule has 67 heavy (non-hydrogen) atoms. The Hall–Kier alpha value is -1.71. The third kappa shape index (κ3) is 52.0. The van der Waals surface area contributed by atoms with Crippen LogP contribution in [0, 0.1) is 0 Å². The maximum absolute atomic E-state index is 12.9. The molecule has 0 saturated heterocycles.